The Morgan fingerprint density at radius 1 is 0.556 bits per heavy atom. The van der Waals surface area contributed by atoms with Crippen molar-refractivity contribution in [2.75, 3.05) is 16.4 Å². The zero-order chi connectivity index (χ0) is 45.0. The first-order valence-corrected chi connectivity index (χ1v) is 20.5. The highest BCUT2D eigenvalue weighted by atomic mass is 35.5. The Morgan fingerprint density at radius 3 is 1.44 bits per heavy atom. The molecule has 0 bridgehead atoms. The predicted octanol–water partition coefficient (Wildman–Crippen LogP) is 7.57. The first kappa shape index (κ1) is 42.9. The van der Waals surface area contributed by atoms with Crippen LogP contribution in [0.5, 0.6) is 0 Å². The van der Waals surface area contributed by atoms with Gasteiger partial charge in [0.05, 0.1) is 51.2 Å². The molecule has 10 amide bonds. The van der Waals surface area contributed by atoms with E-state index < -0.39 is 58.8 Å². The fourth-order valence-corrected chi connectivity index (χ4v) is 8.69. The van der Waals surface area contributed by atoms with Crippen LogP contribution in [0.2, 0.25) is 20.1 Å². The van der Waals surface area contributed by atoms with E-state index in [2.05, 4.69) is 10.6 Å². The minimum absolute atomic E-state index is 0.0320. The SMILES string of the molecule is CCOC(=O)N1C(=O)NC(=O)[C@]12C(=O)N(Cc1ccc(Cl)c(Cl)c1)c1ccccc12.O=C1NC(=O)[C@]2(C(=O)N(Cc3ccc(Cl)c(Cl)c3)c3ccccc32)N1C(=O)c1ccccc1. The highest BCUT2D eigenvalue weighted by Crippen LogP contribution is 2.49. The Hall–Kier alpha value is -6.78. The lowest BCUT2D eigenvalue weighted by Gasteiger charge is -2.29. The van der Waals surface area contributed by atoms with Crippen molar-refractivity contribution in [1.82, 2.24) is 20.4 Å². The highest BCUT2D eigenvalue weighted by molar-refractivity contribution is 6.42. The fraction of sp³-hybridized carbons (Fsp3) is 0.136. The molecule has 2 spiro atoms. The molecule has 4 aliphatic rings. The number of fused-ring (bicyclic) bond motifs is 4. The van der Waals surface area contributed by atoms with Gasteiger partial charge in [-0.1, -0.05) is 113 Å². The Kier molecular flexibility index (Phi) is 11.2. The quantitative estimate of drug-likeness (QED) is 0.128. The summed E-state index contributed by atoms with van der Waals surface area (Å²) in [5.41, 5.74) is -1.54. The van der Waals surface area contributed by atoms with Crippen LogP contribution in [-0.4, -0.2) is 64.1 Å². The van der Waals surface area contributed by atoms with E-state index >= 15 is 0 Å². The number of nitrogens with zero attached hydrogens (tertiary/aromatic N) is 4. The van der Waals surface area contributed by atoms with Crippen molar-refractivity contribution in [2.45, 2.75) is 31.1 Å². The lowest BCUT2D eigenvalue weighted by Crippen LogP contribution is -2.56. The Balaban J connectivity index is 0.000000174. The smallest absolute Gasteiger partial charge is 0.419 e. The van der Waals surface area contributed by atoms with Gasteiger partial charge < -0.3 is 14.5 Å². The van der Waals surface area contributed by atoms with Crippen molar-refractivity contribution in [3.8, 4) is 0 Å². The number of carbonyl (C=O) groups excluding carboxylic acids is 8. The molecule has 4 aliphatic heterocycles. The summed E-state index contributed by atoms with van der Waals surface area (Å²) < 4.78 is 4.95. The number of halogens is 4. The Bertz CT molecular complexity index is 2830. The number of benzene rings is 5. The molecule has 5 aromatic rings. The summed E-state index contributed by atoms with van der Waals surface area (Å²) in [7, 11) is 0. The lowest BCUT2D eigenvalue weighted by molar-refractivity contribution is -0.139. The number of anilines is 2. The molecule has 2 saturated heterocycles. The van der Waals surface area contributed by atoms with Crippen molar-refractivity contribution >= 4 is 105 Å². The van der Waals surface area contributed by atoms with Crippen molar-refractivity contribution < 1.29 is 43.1 Å². The van der Waals surface area contributed by atoms with Crippen LogP contribution in [0.25, 0.3) is 0 Å². The third kappa shape index (κ3) is 6.75. The molecular weight excluding hydrogens is 898 g/mol. The Labute approximate surface area is 378 Å². The van der Waals surface area contributed by atoms with E-state index in [-0.39, 0.29) is 36.4 Å². The van der Waals surface area contributed by atoms with Gasteiger partial charge in [0.15, 0.2) is 0 Å². The highest BCUT2D eigenvalue weighted by Gasteiger charge is 2.69. The predicted molar refractivity (Wildman–Crippen MR) is 230 cm³/mol. The van der Waals surface area contributed by atoms with E-state index in [1.807, 2.05) is 0 Å². The van der Waals surface area contributed by atoms with Gasteiger partial charge in [0, 0.05) is 16.7 Å². The number of hydrogen-bond donors (Lipinski definition) is 2. The lowest BCUT2D eigenvalue weighted by atomic mass is 9.89. The number of para-hydroxylation sites is 2. The zero-order valence-corrected chi connectivity index (χ0v) is 35.6. The molecule has 0 aliphatic carbocycles. The molecule has 2 atom stereocenters. The summed E-state index contributed by atoms with van der Waals surface area (Å²) in [4.78, 5) is 109. The summed E-state index contributed by atoms with van der Waals surface area (Å²) >= 11 is 24.2. The number of carbonyl (C=O) groups is 8. The van der Waals surface area contributed by atoms with Gasteiger partial charge in [-0.25, -0.2) is 19.3 Å². The number of nitrogens with one attached hydrogen (secondary N) is 2. The zero-order valence-electron chi connectivity index (χ0n) is 32.6. The van der Waals surface area contributed by atoms with E-state index in [1.54, 1.807) is 104 Å². The van der Waals surface area contributed by atoms with E-state index in [4.69, 9.17) is 51.1 Å². The number of urea groups is 2. The third-order valence-corrected chi connectivity index (χ3v) is 12.3. The summed E-state index contributed by atoms with van der Waals surface area (Å²) in [5.74, 6) is -3.98. The van der Waals surface area contributed by atoms with Crippen molar-refractivity contribution in [3.05, 3.63) is 163 Å². The molecule has 0 unspecified atom stereocenters. The average Bonchev–Trinajstić information content (AvgIpc) is 3.88. The molecule has 0 aromatic heterocycles. The minimum atomic E-state index is -2.17. The van der Waals surface area contributed by atoms with Crippen LogP contribution in [0, 0.1) is 0 Å². The second-order valence-electron chi connectivity index (χ2n) is 14.3. The largest absolute Gasteiger partial charge is 0.449 e. The molecule has 9 rings (SSSR count). The molecule has 318 valence electrons. The molecule has 15 nitrogen and oxygen atoms in total. The van der Waals surface area contributed by atoms with E-state index in [1.165, 1.54) is 28.0 Å². The molecule has 5 aromatic carbocycles. The number of amides is 10. The monoisotopic (exact) mass is 926 g/mol. The molecule has 2 fully saturated rings. The number of ether oxygens (including phenoxy) is 1. The van der Waals surface area contributed by atoms with Gasteiger partial charge >= 0.3 is 18.2 Å². The van der Waals surface area contributed by atoms with Gasteiger partial charge in [-0.3, -0.25) is 34.6 Å². The van der Waals surface area contributed by atoms with E-state index in [0.29, 0.717) is 47.5 Å². The molecule has 19 heteroatoms. The summed E-state index contributed by atoms with van der Waals surface area (Å²) in [6.07, 6.45) is -1.08. The molecule has 0 radical (unpaired) electrons. The van der Waals surface area contributed by atoms with Crippen molar-refractivity contribution in [2.24, 2.45) is 0 Å². The van der Waals surface area contributed by atoms with Crippen molar-refractivity contribution in [1.29, 1.82) is 0 Å². The van der Waals surface area contributed by atoms with Gasteiger partial charge in [0.25, 0.3) is 29.5 Å². The second kappa shape index (κ2) is 16.5. The number of hydrogen-bond acceptors (Lipinski definition) is 9. The maximum Gasteiger partial charge on any atom is 0.419 e. The van der Waals surface area contributed by atoms with E-state index in [9.17, 15) is 38.4 Å². The summed E-state index contributed by atoms with van der Waals surface area (Å²) in [6.45, 7) is 1.63. The van der Waals surface area contributed by atoms with Gasteiger partial charge in [-0.05, 0) is 66.6 Å². The van der Waals surface area contributed by atoms with Crippen LogP contribution in [-0.2, 0) is 48.1 Å². The van der Waals surface area contributed by atoms with Gasteiger partial charge in [-0.15, -0.1) is 0 Å². The van der Waals surface area contributed by atoms with Crippen LogP contribution in [0.3, 0.4) is 0 Å². The topological polar surface area (TPSA) is 183 Å². The van der Waals surface area contributed by atoms with Crippen LogP contribution in [0.15, 0.2) is 115 Å². The number of imide groups is 4. The first-order valence-electron chi connectivity index (χ1n) is 19.0. The first-order chi connectivity index (χ1) is 30.2. The summed E-state index contributed by atoms with van der Waals surface area (Å²) in [5, 5.41) is 5.59. The van der Waals surface area contributed by atoms with Crippen LogP contribution >= 0.6 is 46.4 Å². The van der Waals surface area contributed by atoms with Gasteiger partial charge in [0.2, 0.25) is 11.1 Å². The summed E-state index contributed by atoms with van der Waals surface area (Å²) in [6, 6.07) is 29.0. The minimum Gasteiger partial charge on any atom is -0.449 e. The maximum absolute atomic E-state index is 13.9. The van der Waals surface area contributed by atoms with Gasteiger partial charge in [-0.2, -0.15) is 4.90 Å². The molecule has 2 N–H and O–H groups in total. The molecular formula is C44H30Cl4N6O9. The van der Waals surface area contributed by atoms with Crippen LogP contribution < -0.4 is 20.4 Å². The van der Waals surface area contributed by atoms with Crippen molar-refractivity contribution in [3.63, 3.8) is 0 Å². The van der Waals surface area contributed by atoms with Crippen LogP contribution in [0.1, 0.15) is 39.5 Å². The average molecular weight is 929 g/mol. The fourth-order valence-electron chi connectivity index (χ4n) is 8.05. The number of rotatable bonds is 6. The normalized spacial score (nSPS) is 19.6. The van der Waals surface area contributed by atoms with Crippen LogP contribution in [0.4, 0.5) is 25.8 Å². The molecule has 4 heterocycles. The van der Waals surface area contributed by atoms with Gasteiger partial charge in [0.1, 0.15) is 0 Å². The molecule has 63 heavy (non-hydrogen) atoms. The maximum atomic E-state index is 13.9. The molecule has 0 saturated carbocycles. The standard InChI is InChI=1S/C24H15Cl2N3O4.C20H15Cl2N3O5/c25-17-11-10-14(12-18(17)26)13-28-19-9-5-4-8-16(19)24(22(28)32)21(31)27-23(33)29(24)20(30)15-6-2-1-3-7-15;1-2-30-19(29)25-18(28)23-16(26)20(25)12-5-3-4-6-15(12)24(17(20)27)10-11-7-8-13(21)14(22)9-11/h1-12H,13H2,(H,27,31,33);3-9H,2,10H2,1H3,(H,23,26,28)/t24-;20-/m11/s1. The second-order valence-corrected chi connectivity index (χ2v) is 15.9. The third-order valence-electron chi connectivity index (χ3n) is 10.8. The van der Waals surface area contributed by atoms with E-state index in [0.717, 1.165) is 4.90 Å². The Morgan fingerprint density at radius 2 is 0.984 bits per heavy atom.